The summed E-state index contributed by atoms with van der Waals surface area (Å²) in [6.07, 6.45) is 0. The fourth-order valence-electron chi connectivity index (χ4n) is 0. The third-order valence-electron chi connectivity index (χ3n) is 0. The second kappa shape index (κ2) is 37.2. The third-order valence-corrected chi connectivity index (χ3v) is 0. The summed E-state index contributed by atoms with van der Waals surface area (Å²) in [5.74, 6) is 0. The van der Waals surface area contributed by atoms with E-state index in [0.29, 0.717) is 0 Å². The Kier molecular flexibility index (Phi) is 188. The molecule has 1 radical (unpaired) electrons. The summed E-state index contributed by atoms with van der Waals surface area (Å²) in [7, 11) is 0. The van der Waals surface area contributed by atoms with Crippen LogP contribution in [0, 0.1) is 11.8 Å². The molecule has 0 aliphatic carbocycles. The molecule has 0 unspecified atom stereocenters. The van der Waals surface area contributed by atoms with Crippen LogP contribution in [0.3, 0.4) is 0 Å². The number of hydrogen-bond donors (Lipinski definition) is 0. The first-order valence-electron chi connectivity index (χ1n) is 0.224. The number of hydrogen-bond acceptors (Lipinski definition) is 1. The summed E-state index contributed by atoms with van der Waals surface area (Å²) in [6, 6.07) is 0. The van der Waals surface area contributed by atoms with Crippen molar-refractivity contribution in [3.8, 4) is 0 Å². The van der Waals surface area contributed by atoms with Gasteiger partial charge in [-0.1, -0.05) is 0 Å². The summed E-state index contributed by atoms with van der Waals surface area (Å²) in [5, 5.41) is 6.25. The molecule has 0 spiro atoms. The van der Waals surface area contributed by atoms with E-state index in [1.165, 1.54) is 0 Å². The van der Waals surface area contributed by atoms with Crippen LogP contribution >= 0.6 is 0 Å². The van der Waals surface area contributed by atoms with E-state index in [-0.39, 0.29) is 44.8 Å². The quantitative estimate of drug-likeness (QED) is 0.456. The summed E-state index contributed by atoms with van der Waals surface area (Å²) >= 11 is 0. The predicted molar refractivity (Wildman–Crippen MR) is 4.97 cm³/mol. The van der Waals surface area contributed by atoms with E-state index in [1.807, 2.05) is 0 Å². The Morgan fingerprint density at radius 1 is 1.25 bits per heavy atom. The fourth-order valence-corrected chi connectivity index (χ4v) is 0. The van der Waals surface area contributed by atoms with E-state index in [9.17, 15) is 0 Å². The van der Waals surface area contributed by atoms with Gasteiger partial charge in [0.05, 0.1) is 0 Å². The van der Waals surface area contributed by atoms with Crippen LogP contribution in [0.25, 0.3) is 0 Å². The maximum atomic E-state index is 6.25. The van der Waals surface area contributed by atoms with Gasteiger partial charge in [0.2, 0.25) is 0 Å². The van der Waals surface area contributed by atoms with Gasteiger partial charge >= 0.3 is 22.4 Å². The zero-order chi connectivity index (χ0) is 2.00. The van der Waals surface area contributed by atoms with Crippen molar-refractivity contribution in [2.24, 2.45) is 0 Å². The van der Waals surface area contributed by atoms with E-state index >= 15 is 0 Å². The van der Waals surface area contributed by atoms with E-state index < -0.39 is 0 Å². The predicted octanol–water partition coefficient (Wildman–Crippen LogP) is 0.0914. The molecular weight excluding hydrogens is 331 g/mol. The molecule has 0 atom stereocenters. The van der Waals surface area contributed by atoms with Crippen LogP contribution in [0.15, 0.2) is 0 Å². The van der Waals surface area contributed by atoms with Crippen molar-refractivity contribution in [2.45, 2.75) is 0 Å². The third kappa shape index (κ3) is 12.2. The molecule has 0 heterocycles. The molecule has 0 saturated heterocycles. The molecule has 1 nitrogen and oxygen atoms in total. The standard InChI is InChI=1S/CN.Ag.Au/c1-2;;/q-1;;+1. The molecule has 0 bridgehead atoms. The minimum Gasteiger partial charge on any atom is -0.512 e. The van der Waals surface area contributed by atoms with E-state index in [2.05, 4.69) is 0 Å². The van der Waals surface area contributed by atoms with Crippen LogP contribution in [0.5, 0.6) is 0 Å². The van der Waals surface area contributed by atoms with Gasteiger partial charge in [0.25, 0.3) is 0 Å². The zero-order valence-corrected chi connectivity index (χ0v) is 5.20. The van der Waals surface area contributed by atoms with Crippen molar-refractivity contribution in [1.29, 1.82) is 5.26 Å². The molecule has 0 aromatic rings. The van der Waals surface area contributed by atoms with Gasteiger partial charge in [-0.25, -0.2) is 0 Å². The van der Waals surface area contributed by atoms with E-state index in [4.69, 9.17) is 11.8 Å². The van der Waals surface area contributed by atoms with Crippen molar-refractivity contribution in [3.05, 3.63) is 6.57 Å². The minimum atomic E-state index is 0. The molecule has 0 rings (SSSR count). The molecule has 3 heteroatoms. The molecule has 0 aromatic carbocycles. The van der Waals surface area contributed by atoms with Crippen LogP contribution in [0.1, 0.15) is 0 Å². The van der Waals surface area contributed by atoms with Gasteiger partial charge in [0.1, 0.15) is 0 Å². The summed E-state index contributed by atoms with van der Waals surface area (Å²) in [6.45, 7) is 4.75. The molecule has 0 amide bonds. The SMILES string of the molecule is [Ag].[Au+].[C-]#N. The van der Waals surface area contributed by atoms with Gasteiger partial charge in [-0.15, -0.1) is 0 Å². The van der Waals surface area contributed by atoms with Gasteiger partial charge in [-0.05, 0) is 0 Å². The summed E-state index contributed by atoms with van der Waals surface area (Å²) in [5.41, 5.74) is 0. The zero-order valence-electron chi connectivity index (χ0n) is 1.55. The van der Waals surface area contributed by atoms with Crippen LogP contribution in [-0.4, -0.2) is 0 Å². The van der Waals surface area contributed by atoms with Crippen LogP contribution in [0.4, 0.5) is 0 Å². The van der Waals surface area contributed by atoms with Crippen LogP contribution in [-0.2, 0) is 44.8 Å². The normalized spacial score (nSPS) is 0.500. The summed E-state index contributed by atoms with van der Waals surface area (Å²) in [4.78, 5) is 0. The average Bonchev–Trinajstić information content (AvgIpc) is 1.00. The largest absolute Gasteiger partial charge is 1.00 e. The molecule has 4 heavy (non-hydrogen) atoms. The number of rotatable bonds is 0. The molecule has 0 aliphatic heterocycles. The Balaban J connectivity index is -0.00000000500. The summed E-state index contributed by atoms with van der Waals surface area (Å²) < 4.78 is 0. The maximum Gasteiger partial charge on any atom is 1.00 e. The average molecular weight is 331 g/mol. The maximum absolute atomic E-state index is 6.25. The molecule has 0 fully saturated rings. The molecule has 0 N–H and O–H groups in total. The Morgan fingerprint density at radius 2 is 1.25 bits per heavy atom. The van der Waals surface area contributed by atoms with Gasteiger partial charge in [0.15, 0.2) is 0 Å². The topological polar surface area (TPSA) is 23.8 Å². The molecule has 0 aromatic heterocycles. The minimum absolute atomic E-state index is 0. The van der Waals surface area contributed by atoms with Crippen molar-refractivity contribution in [1.82, 2.24) is 0 Å². The van der Waals surface area contributed by atoms with Crippen molar-refractivity contribution in [3.63, 3.8) is 0 Å². The molecule has 31 valence electrons. The van der Waals surface area contributed by atoms with Crippen LogP contribution < -0.4 is 0 Å². The van der Waals surface area contributed by atoms with Crippen molar-refractivity contribution in [2.75, 3.05) is 0 Å². The Morgan fingerprint density at radius 3 is 1.25 bits per heavy atom. The van der Waals surface area contributed by atoms with Gasteiger partial charge < -0.3 is 11.8 Å². The Labute approximate surface area is 56.4 Å². The monoisotopic (exact) mass is 330 g/mol. The Bertz CT molecular complexity index is 12.8. The van der Waals surface area contributed by atoms with Crippen molar-refractivity contribution >= 4 is 0 Å². The molecular formula is CAgAuN. The van der Waals surface area contributed by atoms with E-state index in [0.717, 1.165) is 0 Å². The fraction of sp³-hybridized carbons (Fsp3) is 0. The van der Waals surface area contributed by atoms with Crippen LogP contribution in [0.2, 0.25) is 0 Å². The first-order chi connectivity index (χ1) is 1.00. The first kappa shape index (κ1) is 20.2. The van der Waals surface area contributed by atoms with Crippen molar-refractivity contribution < 1.29 is 44.8 Å². The molecule has 0 aliphatic rings. The van der Waals surface area contributed by atoms with Gasteiger partial charge in [0, 0.05) is 22.4 Å². The van der Waals surface area contributed by atoms with Gasteiger partial charge in [-0.3, -0.25) is 0 Å². The second-order valence-electron chi connectivity index (χ2n) is 0. The van der Waals surface area contributed by atoms with Gasteiger partial charge in [-0.2, -0.15) is 0 Å². The van der Waals surface area contributed by atoms with E-state index in [1.54, 1.807) is 0 Å². The second-order valence-corrected chi connectivity index (χ2v) is 0. The number of nitrogens with zero attached hydrogens (tertiary/aromatic N) is 1. The smallest absolute Gasteiger partial charge is 0.512 e. The first-order valence-corrected chi connectivity index (χ1v) is 0.224. The molecule has 0 saturated carbocycles. The Hall–Kier alpha value is 0.971.